The molecule has 148 valence electrons. The fourth-order valence-electron chi connectivity index (χ4n) is 3.52. The molecule has 5 heteroatoms. The highest BCUT2D eigenvalue weighted by Crippen LogP contribution is 2.16. The number of rotatable bonds is 8. The lowest BCUT2D eigenvalue weighted by Crippen LogP contribution is -2.37. The molecule has 1 aliphatic heterocycles. The number of amides is 2. The maximum absolute atomic E-state index is 12.1. The molecule has 2 aromatic rings. The highest BCUT2D eigenvalue weighted by molar-refractivity contribution is 5.85. The molecule has 1 saturated heterocycles. The summed E-state index contributed by atoms with van der Waals surface area (Å²) in [6.45, 7) is 3.71. The normalized spacial score (nSPS) is 14.4. The zero-order valence-corrected chi connectivity index (χ0v) is 16.3. The zero-order valence-electron chi connectivity index (χ0n) is 16.3. The van der Waals surface area contributed by atoms with Crippen LogP contribution in [0, 0.1) is 0 Å². The number of piperidine rings is 1. The predicted octanol–water partition coefficient (Wildman–Crippen LogP) is 2.65. The standard InChI is InChI=1S/C23H29N3O2/c27-22(15-19-9-3-1-4-10-19)25-17-23(28)24-16-20-11-5-6-12-21(20)18-26-13-7-2-8-14-26/h1,3-6,9-12H,2,7-8,13-18H2,(H,24,28)(H,25,27). The summed E-state index contributed by atoms with van der Waals surface area (Å²) >= 11 is 0. The van der Waals surface area contributed by atoms with E-state index in [9.17, 15) is 9.59 Å². The van der Waals surface area contributed by atoms with Crippen LogP contribution in [0.5, 0.6) is 0 Å². The van der Waals surface area contributed by atoms with E-state index >= 15 is 0 Å². The lowest BCUT2D eigenvalue weighted by molar-refractivity contribution is -0.125. The molecule has 2 N–H and O–H groups in total. The van der Waals surface area contributed by atoms with Crippen LogP contribution in [0.15, 0.2) is 54.6 Å². The first-order valence-electron chi connectivity index (χ1n) is 10.1. The molecule has 0 atom stereocenters. The monoisotopic (exact) mass is 379 g/mol. The second-order valence-electron chi connectivity index (χ2n) is 7.32. The Bertz CT molecular complexity index is 770. The van der Waals surface area contributed by atoms with Gasteiger partial charge in [0.05, 0.1) is 13.0 Å². The lowest BCUT2D eigenvalue weighted by Gasteiger charge is -2.27. The van der Waals surface area contributed by atoms with Crippen LogP contribution >= 0.6 is 0 Å². The lowest BCUT2D eigenvalue weighted by atomic mass is 10.0. The summed E-state index contributed by atoms with van der Waals surface area (Å²) in [4.78, 5) is 26.6. The van der Waals surface area contributed by atoms with Gasteiger partial charge in [0.25, 0.3) is 0 Å². The first kappa shape index (κ1) is 20.1. The van der Waals surface area contributed by atoms with E-state index in [0.717, 1.165) is 30.8 Å². The quantitative estimate of drug-likeness (QED) is 0.741. The third-order valence-corrected chi connectivity index (χ3v) is 5.09. The van der Waals surface area contributed by atoms with Gasteiger partial charge in [-0.3, -0.25) is 14.5 Å². The Kier molecular flexibility index (Phi) is 7.62. The molecule has 0 radical (unpaired) electrons. The molecular weight excluding hydrogens is 350 g/mol. The van der Waals surface area contributed by atoms with Gasteiger partial charge in [0.1, 0.15) is 0 Å². The van der Waals surface area contributed by atoms with Gasteiger partial charge in [-0.15, -0.1) is 0 Å². The van der Waals surface area contributed by atoms with Gasteiger partial charge in [-0.05, 0) is 42.6 Å². The molecule has 0 spiro atoms. The Morgan fingerprint density at radius 1 is 0.786 bits per heavy atom. The van der Waals surface area contributed by atoms with E-state index in [0.29, 0.717) is 6.54 Å². The van der Waals surface area contributed by atoms with Crippen LogP contribution < -0.4 is 10.6 Å². The molecule has 3 rings (SSSR count). The predicted molar refractivity (Wildman–Crippen MR) is 111 cm³/mol. The first-order chi connectivity index (χ1) is 13.7. The van der Waals surface area contributed by atoms with Crippen molar-refractivity contribution in [2.24, 2.45) is 0 Å². The minimum absolute atomic E-state index is 0.0000409. The summed E-state index contributed by atoms with van der Waals surface area (Å²) in [5.74, 6) is -0.318. The van der Waals surface area contributed by atoms with E-state index in [1.807, 2.05) is 36.4 Å². The molecule has 2 amide bonds. The van der Waals surface area contributed by atoms with Crippen molar-refractivity contribution in [1.29, 1.82) is 0 Å². The Labute approximate surface area is 167 Å². The van der Waals surface area contributed by atoms with Crippen LogP contribution in [0.25, 0.3) is 0 Å². The van der Waals surface area contributed by atoms with Crippen molar-refractivity contribution in [1.82, 2.24) is 15.5 Å². The smallest absolute Gasteiger partial charge is 0.239 e. The Hall–Kier alpha value is -2.66. The molecule has 1 fully saturated rings. The van der Waals surface area contributed by atoms with Crippen molar-refractivity contribution in [2.45, 2.75) is 38.8 Å². The van der Waals surface area contributed by atoms with Crippen molar-refractivity contribution in [3.63, 3.8) is 0 Å². The van der Waals surface area contributed by atoms with Crippen LogP contribution in [-0.4, -0.2) is 36.3 Å². The summed E-state index contributed by atoms with van der Waals surface area (Å²) in [5.41, 5.74) is 3.34. The molecule has 2 aromatic carbocycles. The second-order valence-corrected chi connectivity index (χ2v) is 7.32. The summed E-state index contributed by atoms with van der Waals surface area (Å²) < 4.78 is 0. The molecule has 5 nitrogen and oxygen atoms in total. The Balaban J connectivity index is 1.43. The van der Waals surface area contributed by atoms with Gasteiger partial charge >= 0.3 is 0 Å². The van der Waals surface area contributed by atoms with E-state index in [1.54, 1.807) is 0 Å². The maximum Gasteiger partial charge on any atom is 0.239 e. The van der Waals surface area contributed by atoms with Crippen LogP contribution in [0.2, 0.25) is 0 Å². The van der Waals surface area contributed by atoms with Gasteiger partial charge in [0.2, 0.25) is 11.8 Å². The zero-order chi connectivity index (χ0) is 19.6. The molecule has 0 unspecified atom stereocenters. The molecule has 0 saturated carbocycles. The van der Waals surface area contributed by atoms with Crippen LogP contribution in [0.1, 0.15) is 36.0 Å². The molecule has 1 heterocycles. The largest absolute Gasteiger partial charge is 0.350 e. The first-order valence-corrected chi connectivity index (χ1v) is 10.1. The van der Waals surface area contributed by atoms with E-state index in [2.05, 4.69) is 33.7 Å². The molecule has 0 aliphatic carbocycles. The maximum atomic E-state index is 12.1. The fourth-order valence-corrected chi connectivity index (χ4v) is 3.52. The number of hydrogen-bond donors (Lipinski definition) is 2. The van der Waals surface area contributed by atoms with Gasteiger partial charge in [0, 0.05) is 13.1 Å². The SMILES string of the molecule is O=C(CNC(=O)Cc1ccccc1)NCc1ccccc1CN1CCCCC1. The molecule has 28 heavy (non-hydrogen) atoms. The van der Waals surface area contributed by atoms with Gasteiger partial charge in [0.15, 0.2) is 0 Å². The van der Waals surface area contributed by atoms with Crippen molar-refractivity contribution in [3.05, 3.63) is 71.3 Å². The molecule has 1 aliphatic rings. The van der Waals surface area contributed by atoms with Crippen molar-refractivity contribution >= 4 is 11.8 Å². The van der Waals surface area contributed by atoms with Crippen LogP contribution in [-0.2, 0) is 29.1 Å². The van der Waals surface area contributed by atoms with Gasteiger partial charge in [-0.2, -0.15) is 0 Å². The minimum Gasteiger partial charge on any atom is -0.350 e. The van der Waals surface area contributed by atoms with E-state index < -0.39 is 0 Å². The average molecular weight is 380 g/mol. The number of nitrogens with one attached hydrogen (secondary N) is 2. The summed E-state index contributed by atoms with van der Waals surface area (Å²) in [6, 6.07) is 17.8. The summed E-state index contributed by atoms with van der Waals surface area (Å²) in [7, 11) is 0. The molecule has 0 bridgehead atoms. The number of nitrogens with zero attached hydrogens (tertiary/aromatic N) is 1. The fraction of sp³-hybridized carbons (Fsp3) is 0.391. The third kappa shape index (κ3) is 6.50. The highest BCUT2D eigenvalue weighted by Gasteiger charge is 2.13. The second kappa shape index (κ2) is 10.6. The number of carbonyl (C=O) groups is 2. The van der Waals surface area contributed by atoms with Gasteiger partial charge in [-0.1, -0.05) is 61.0 Å². The van der Waals surface area contributed by atoms with E-state index in [4.69, 9.17) is 0 Å². The van der Waals surface area contributed by atoms with Crippen molar-refractivity contribution < 1.29 is 9.59 Å². The Morgan fingerprint density at radius 3 is 2.21 bits per heavy atom. The van der Waals surface area contributed by atoms with E-state index in [1.165, 1.54) is 24.8 Å². The number of benzene rings is 2. The van der Waals surface area contributed by atoms with Crippen molar-refractivity contribution in [3.8, 4) is 0 Å². The Morgan fingerprint density at radius 2 is 1.46 bits per heavy atom. The summed E-state index contributed by atoms with van der Waals surface area (Å²) in [5, 5.41) is 5.61. The molecular formula is C23H29N3O2. The van der Waals surface area contributed by atoms with Gasteiger partial charge in [-0.25, -0.2) is 0 Å². The van der Waals surface area contributed by atoms with Crippen molar-refractivity contribution in [2.75, 3.05) is 19.6 Å². The van der Waals surface area contributed by atoms with Gasteiger partial charge < -0.3 is 10.6 Å². The number of hydrogen-bond acceptors (Lipinski definition) is 3. The average Bonchev–Trinajstić information content (AvgIpc) is 2.73. The molecule has 0 aromatic heterocycles. The minimum atomic E-state index is -0.172. The number of carbonyl (C=O) groups excluding carboxylic acids is 2. The number of likely N-dealkylation sites (tertiary alicyclic amines) is 1. The third-order valence-electron chi connectivity index (χ3n) is 5.09. The van der Waals surface area contributed by atoms with Crippen LogP contribution in [0.3, 0.4) is 0 Å². The highest BCUT2D eigenvalue weighted by atomic mass is 16.2. The van der Waals surface area contributed by atoms with Crippen LogP contribution in [0.4, 0.5) is 0 Å². The van der Waals surface area contributed by atoms with E-state index in [-0.39, 0.29) is 24.8 Å². The topological polar surface area (TPSA) is 61.4 Å². The summed E-state index contributed by atoms with van der Waals surface area (Å²) in [6.07, 6.45) is 4.14.